The van der Waals surface area contributed by atoms with Crippen LogP contribution in [0.5, 0.6) is 11.5 Å². The molecule has 178 valence electrons. The summed E-state index contributed by atoms with van der Waals surface area (Å²) >= 11 is 1.46. The van der Waals surface area contributed by atoms with Crippen LogP contribution in [0, 0.1) is 6.92 Å². The Morgan fingerprint density at radius 1 is 1.09 bits per heavy atom. The summed E-state index contributed by atoms with van der Waals surface area (Å²) in [5.41, 5.74) is 3.53. The fraction of sp³-hybridized carbons (Fsp3) is 0.346. The maximum Gasteiger partial charge on any atom is 0.257 e. The van der Waals surface area contributed by atoms with Gasteiger partial charge in [0, 0.05) is 17.0 Å². The zero-order valence-electron chi connectivity index (χ0n) is 19.6. The van der Waals surface area contributed by atoms with Crippen LogP contribution in [-0.2, 0) is 17.6 Å². The Morgan fingerprint density at radius 2 is 1.85 bits per heavy atom. The van der Waals surface area contributed by atoms with E-state index >= 15 is 0 Å². The maximum absolute atomic E-state index is 13.0. The first-order valence-electron chi connectivity index (χ1n) is 11.3. The highest BCUT2D eigenvalue weighted by molar-refractivity contribution is 7.16. The molecule has 34 heavy (non-hydrogen) atoms. The van der Waals surface area contributed by atoms with E-state index in [-0.39, 0.29) is 17.7 Å². The van der Waals surface area contributed by atoms with E-state index in [1.54, 1.807) is 26.4 Å². The number of benzene rings is 2. The van der Waals surface area contributed by atoms with Crippen LogP contribution in [0.1, 0.15) is 50.8 Å². The number of carbonyl (C=O) groups is 2. The summed E-state index contributed by atoms with van der Waals surface area (Å²) in [6.45, 7) is 2.50. The number of aryl methyl sites for hydroxylation is 2. The predicted molar refractivity (Wildman–Crippen MR) is 133 cm³/mol. The van der Waals surface area contributed by atoms with Gasteiger partial charge in [0.15, 0.2) is 16.6 Å². The van der Waals surface area contributed by atoms with Gasteiger partial charge in [-0.25, -0.2) is 4.98 Å². The minimum atomic E-state index is -0.296. The number of aromatic nitrogens is 1. The summed E-state index contributed by atoms with van der Waals surface area (Å²) in [4.78, 5) is 31.3. The van der Waals surface area contributed by atoms with E-state index in [1.165, 1.54) is 11.3 Å². The lowest BCUT2D eigenvalue weighted by Gasteiger charge is -2.20. The molecule has 0 radical (unpaired) electrons. The Morgan fingerprint density at radius 3 is 2.59 bits per heavy atom. The van der Waals surface area contributed by atoms with Crippen molar-refractivity contribution in [1.29, 1.82) is 0 Å². The molecule has 1 aromatic heterocycles. The van der Waals surface area contributed by atoms with Crippen LogP contribution in [-0.4, -0.2) is 37.6 Å². The maximum atomic E-state index is 13.0. The van der Waals surface area contributed by atoms with Crippen molar-refractivity contribution in [3.8, 4) is 11.5 Å². The van der Waals surface area contributed by atoms with E-state index in [1.807, 2.05) is 37.3 Å². The van der Waals surface area contributed by atoms with Gasteiger partial charge >= 0.3 is 0 Å². The normalized spacial score (nSPS) is 14.7. The third kappa shape index (κ3) is 5.39. The number of ether oxygens (including phenoxy) is 2. The topological polar surface area (TPSA) is 89.6 Å². The molecule has 1 atom stereocenters. The molecule has 1 aliphatic rings. The fourth-order valence-electron chi connectivity index (χ4n) is 4.09. The van der Waals surface area contributed by atoms with E-state index in [0.29, 0.717) is 35.2 Å². The van der Waals surface area contributed by atoms with Crippen molar-refractivity contribution in [3.05, 3.63) is 69.7 Å². The molecule has 1 aliphatic carbocycles. The number of fused-ring (bicyclic) bond motifs is 1. The standard InChI is InChI=1S/C26H29N3O4S/c1-16-7-10-18(11-8-16)24(30)29-26-28-23-19(5-4-6-22(23)34-26)25(31)27-14-13-17-9-12-20(32-2)21(15-17)33-3/h7-12,15,19H,4-6,13-14H2,1-3H3,(H,27,31)(H,28,29,30). The molecular weight excluding hydrogens is 450 g/mol. The smallest absolute Gasteiger partial charge is 0.257 e. The van der Waals surface area contributed by atoms with Crippen LogP contribution in [0.2, 0.25) is 0 Å². The molecule has 8 heteroatoms. The number of thiazole rings is 1. The molecule has 0 bridgehead atoms. The minimum absolute atomic E-state index is 0.0249. The second kappa shape index (κ2) is 10.7. The zero-order valence-corrected chi connectivity index (χ0v) is 20.5. The van der Waals surface area contributed by atoms with E-state index < -0.39 is 0 Å². The van der Waals surface area contributed by atoms with E-state index in [2.05, 4.69) is 15.6 Å². The lowest BCUT2D eigenvalue weighted by molar-refractivity contribution is -0.122. The van der Waals surface area contributed by atoms with Crippen LogP contribution in [0.25, 0.3) is 0 Å². The third-order valence-corrected chi connectivity index (χ3v) is 7.01. The molecule has 2 amide bonds. The molecule has 2 aromatic carbocycles. The molecular formula is C26H29N3O4S. The van der Waals surface area contributed by atoms with E-state index in [0.717, 1.165) is 41.0 Å². The number of rotatable bonds is 8. The monoisotopic (exact) mass is 479 g/mol. The van der Waals surface area contributed by atoms with Gasteiger partial charge in [-0.15, -0.1) is 11.3 Å². The van der Waals surface area contributed by atoms with Crippen molar-refractivity contribution >= 4 is 28.3 Å². The van der Waals surface area contributed by atoms with Crippen LogP contribution in [0.4, 0.5) is 5.13 Å². The van der Waals surface area contributed by atoms with Crippen LogP contribution >= 0.6 is 11.3 Å². The van der Waals surface area contributed by atoms with Crippen molar-refractivity contribution in [2.45, 2.75) is 38.5 Å². The molecule has 4 rings (SSSR count). The lowest BCUT2D eigenvalue weighted by Crippen LogP contribution is -2.32. The number of methoxy groups -OCH3 is 2. The van der Waals surface area contributed by atoms with Gasteiger partial charge in [0.1, 0.15) is 0 Å². The van der Waals surface area contributed by atoms with Gasteiger partial charge in [-0.1, -0.05) is 23.8 Å². The van der Waals surface area contributed by atoms with Gasteiger partial charge in [-0.3, -0.25) is 14.9 Å². The SMILES string of the molecule is COc1ccc(CCNC(=O)C2CCCc3sc(NC(=O)c4ccc(C)cc4)nc32)cc1OC. The molecule has 1 heterocycles. The molecule has 0 spiro atoms. The van der Waals surface area contributed by atoms with Crippen LogP contribution < -0.4 is 20.1 Å². The Kier molecular flexibility index (Phi) is 7.47. The summed E-state index contributed by atoms with van der Waals surface area (Å²) in [6, 6.07) is 13.2. The van der Waals surface area contributed by atoms with Gasteiger partial charge in [-0.05, 0) is 62.4 Å². The van der Waals surface area contributed by atoms with Crippen molar-refractivity contribution in [2.75, 3.05) is 26.1 Å². The summed E-state index contributed by atoms with van der Waals surface area (Å²) in [7, 11) is 3.21. The van der Waals surface area contributed by atoms with Gasteiger partial charge in [0.05, 0.1) is 25.8 Å². The number of nitrogens with one attached hydrogen (secondary N) is 2. The molecule has 2 N–H and O–H groups in total. The highest BCUT2D eigenvalue weighted by Crippen LogP contribution is 2.37. The van der Waals surface area contributed by atoms with Crippen molar-refractivity contribution in [2.24, 2.45) is 0 Å². The number of amides is 2. The average molecular weight is 480 g/mol. The Bertz CT molecular complexity index is 1170. The average Bonchev–Trinajstić information content (AvgIpc) is 3.26. The van der Waals surface area contributed by atoms with Crippen molar-refractivity contribution < 1.29 is 19.1 Å². The first kappa shape index (κ1) is 23.8. The summed E-state index contributed by atoms with van der Waals surface area (Å²) in [5, 5.41) is 6.49. The quantitative estimate of drug-likeness (QED) is 0.497. The lowest BCUT2D eigenvalue weighted by atomic mass is 9.90. The summed E-state index contributed by atoms with van der Waals surface area (Å²) in [5.74, 6) is 0.838. The van der Waals surface area contributed by atoms with Crippen molar-refractivity contribution in [3.63, 3.8) is 0 Å². The number of hydrogen-bond donors (Lipinski definition) is 2. The fourth-order valence-corrected chi connectivity index (χ4v) is 5.15. The highest BCUT2D eigenvalue weighted by atomic mass is 32.1. The first-order valence-corrected chi connectivity index (χ1v) is 12.2. The number of hydrogen-bond acceptors (Lipinski definition) is 6. The molecule has 1 unspecified atom stereocenters. The van der Waals surface area contributed by atoms with Gasteiger partial charge in [-0.2, -0.15) is 0 Å². The number of anilines is 1. The Balaban J connectivity index is 1.37. The molecule has 0 fully saturated rings. The molecule has 3 aromatic rings. The highest BCUT2D eigenvalue weighted by Gasteiger charge is 2.30. The largest absolute Gasteiger partial charge is 0.493 e. The number of nitrogens with zero attached hydrogens (tertiary/aromatic N) is 1. The molecule has 0 saturated carbocycles. The summed E-state index contributed by atoms with van der Waals surface area (Å²) < 4.78 is 10.6. The van der Waals surface area contributed by atoms with Gasteiger partial charge in [0.25, 0.3) is 5.91 Å². The minimum Gasteiger partial charge on any atom is -0.493 e. The van der Waals surface area contributed by atoms with Gasteiger partial charge < -0.3 is 14.8 Å². The molecule has 0 saturated heterocycles. The predicted octanol–water partition coefficient (Wildman–Crippen LogP) is 4.50. The second-order valence-electron chi connectivity index (χ2n) is 8.32. The third-order valence-electron chi connectivity index (χ3n) is 5.97. The zero-order chi connectivity index (χ0) is 24.1. The van der Waals surface area contributed by atoms with E-state index in [9.17, 15) is 9.59 Å². The molecule has 7 nitrogen and oxygen atoms in total. The van der Waals surface area contributed by atoms with Gasteiger partial charge in [0.2, 0.25) is 5.91 Å². The van der Waals surface area contributed by atoms with E-state index in [4.69, 9.17) is 9.47 Å². The van der Waals surface area contributed by atoms with Crippen molar-refractivity contribution in [1.82, 2.24) is 10.3 Å². The van der Waals surface area contributed by atoms with Crippen LogP contribution in [0.15, 0.2) is 42.5 Å². The number of carbonyl (C=O) groups excluding carboxylic acids is 2. The van der Waals surface area contributed by atoms with Crippen LogP contribution in [0.3, 0.4) is 0 Å². The molecule has 0 aliphatic heterocycles. The second-order valence-corrected chi connectivity index (χ2v) is 9.41. The summed E-state index contributed by atoms with van der Waals surface area (Å²) in [6.07, 6.45) is 3.24. The Labute approximate surface area is 203 Å². The first-order chi connectivity index (χ1) is 16.5. The Hall–Kier alpha value is -3.39.